The molecule has 0 aliphatic carbocycles. The average Bonchev–Trinajstić information content (AvgIpc) is 2.37. The van der Waals surface area contributed by atoms with E-state index in [0.717, 1.165) is 0 Å². The molecule has 1 unspecified atom stereocenters. The maximum absolute atomic E-state index is 8.58. The Kier molecular flexibility index (Phi) is 1.74. The van der Waals surface area contributed by atoms with Gasteiger partial charge in [-0.3, -0.25) is 0 Å². The van der Waals surface area contributed by atoms with E-state index >= 15 is 0 Å². The first kappa shape index (κ1) is 6.15. The van der Waals surface area contributed by atoms with E-state index in [2.05, 4.69) is 15.4 Å². The third-order valence-electron chi connectivity index (χ3n) is 1.02. The van der Waals surface area contributed by atoms with Gasteiger partial charge in [0.15, 0.2) is 6.33 Å². The van der Waals surface area contributed by atoms with Crippen molar-refractivity contribution in [2.24, 2.45) is 0 Å². The summed E-state index contributed by atoms with van der Waals surface area (Å²) in [6.45, 7) is 1.85. The fraction of sp³-hybridized carbons (Fsp3) is 0.750. The van der Waals surface area contributed by atoms with E-state index in [-0.39, 0.29) is 12.6 Å². The Morgan fingerprint density at radius 2 is 2.56 bits per heavy atom. The van der Waals surface area contributed by atoms with E-state index in [0.29, 0.717) is 0 Å². The van der Waals surface area contributed by atoms with Gasteiger partial charge in [-0.1, -0.05) is 0 Å². The standard InChI is InChI=1S/C4H8N4O/c1-4(2-9)8-6-3-5-7-8/h3-4,9H,2H2,1H3. The van der Waals surface area contributed by atoms with Crippen LogP contribution in [0.25, 0.3) is 0 Å². The minimum atomic E-state index is -0.0764. The first-order valence-electron chi connectivity index (χ1n) is 2.68. The van der Waals surface area contributed by atoms with Gasteiger partial charge in [0.05, 0.1) is 12.6 Å². The van der Waals surface area contributed by atoms with Crippen molar-refractivity contribution in [3.05, 3.63) is 6.33 Å². The van der Waals surface area contributed by atoms with Crippen LogP contribution in [0.1, 0.15) is 13.0 Å². The predicted octanol–water partition coefficient (Wildman–Crippen LogP) is -0.774. The molecule has 0 spiro atoms. The van der Waals surface area contributed by atoms with Gasteiger partial charge in [0, 0.05) is 0 Å². The Bertz CT molecular complexity index is 161. The van der Waals surface area contributed by atoms with E-state index in [1.807, 2.05) is 6.92 Å². The molecule has 0 amide bonds. The van der Waals surface area contributed by atoms with Gasteiger partial charge in [-0.25, -0.2) is 0 Å². The number of aromatic nitrogens is 4. The quantitative estimate of drug-likeness (QED) is 0.567. The van der Waals surface area contributed by atoms with Gasteiger partial charge in [-0.2, -0.15) is 4.80 Å². The maximum atomic E-state index is 8.58. The molecule has 1 aromatic rings. The number of rotatable bonds is 2. The highest BCUT2D eigenvalue weighted by Crippen LogP contribution is 1.94. The molecule has 1 rings (SSSR count). The van der Waals surface area contributed by atoms with E-state index in [4.69, 9.17) is 5.11 Å². The van der Waals surface area contributed by atoms with E-state index in [1.54, 1.807) is 0 Å². The molecule has 0 radical (unpaired) electrons. The molecule has 50 valence electrons. The summed E-state index contributed by atoms with van der Waals surface area (Å²) in [7, 11) is 0. The summed E-state index contributed by atoms with van der Waals surface area (Å²) < 4.78 is 0. The molecule has 1 aromatic heterocycles. The predicted molar refractivity (Wildman–Crippen MR) is 29.6 cm³/mol. The number of nitrogens with zero attached hydrogens (tertiary/aromatic N) is 4. The summed E-state index contributed by atoms with van der Waals surface area (Å²) in [5, 5.41) is 19.4. The fourth-order valence-corrected chi connectivity index (χ4v) is 0.450. The van der Waals surface area contributed by atoms with Crippen LogP contribution in [-0.4, -0.2) is 31.9 Å². The molecule has 5 nitrogen and oxygen atoms in total. The number of hydrogen-bond donors (Lipinski definition) is 1. The number of tetrazole rings is 1. The largest absolute Gasteiger partial charge is 0.394 e. The molecule has 9 heavy (non-hydrogen) atoms. The van der Waals surface area contributed by atoms with Gasteiger partial charge < -0.3 is 5.11 Å². The third kappa shape index (κ3) is 1.23. The number of hydrogen-bond acceptors (Lipinski definition) is 4. The summed E-state index contributed by atoms with van der Waals surface area (Å²) in [5.74, 6) is 0. The smallest absolute Gasteiger partial charge is 0.162 e. The molecular weight excluding hydrogens is 120 g/mol. The van der Waals surface area contributed by atoms with Gasteiger partial charge in [-0.05, 0) is 12.1 Å². The van der Waals surface area contributed by atoms with Gasteiger partial charge in [0.25, 0.3) is 0 Å². The molecule has 1 N–H and O–H groups in total. The summed E-state index contributed by atoms with van der Waals surface area (Å²) in [4.78, 5) is 1.36. The normalized spacial score (nSPS) is 13.6. The Morgan fingerprint density at radius 3 is 3.00 bits per heavy atom. The highest BCUT2D eigenvalue weighted by molar-refractivity contribution is 4.50. The molecule has 0 fully saturated rings. The molecule has 5 heteroatoms. The van der Waals surface area contributed by atoms with Crippen molar-refractivity contribution in [2.75, 3.05) is 6.61 Å². The third-order valence-corrected chi connectivity index (χ3v) is 1.02. The van der Waals surface area contributed by atoms with Gasteiger partial charge >= 0.3 is 0 Å². The second-order valence-corrected chi connectivity index (χ2v) is 1.79. The molecule has 0 aliphatic heterocycles. The molecule has 0 saturated heterocycles. The van der Waals surface area contributed by atoms with Crippen molar-refractivity contribution >= 4 is 0 Å². The van der Waals surface area contributed by atoms with Crippen LogP contribution in [0, 0.1) is 0 Å². The van der Waals surface area contributed by atoms with Crippen LogP contribution >= 0.6 is 0 Å². The first-order valence-corrected chi connectivity index (χ1v) is 2.68. The lowest BCUT2D eigenvalue weighted by molar-refractivity contribution is 0.216. The van der Waals surface area contributed by atoms with E-state index in [1.165, 1.54) is 11.1 Å². The van der Waals surface area contributed by atoms with E-state index < -0.39 is 0 Å². The van der Waals surface area contributed by atoms with Crippen LogP contribution in [0.3, 0.4) is 0 Å². The average molecular weight is 128 g/mol. The van der Waals surface area contributed by atoms with Crippen LogP contribution in [0.4, 0.5) is 0 Å². The lowest BCUT2D eigenvalue weighted by Crippen LogP contribution is -2.12. The summed E-state index contributed by atoms with van der Waals surface area (Å²) in [5.41, 5.74) is 0. The summed E-state index contributed by atoms with van der Waals surface area (Å²) in [6.07, 6.45) is 1.34. The molecule has 1 heterocycles. The topological polar surface area (TPSA) is 63.8 Å². The summed E-state index contributed by atoms with van der Waals surface area (Å²) >= 11 is 0. The van der Waals surface area contributed by atoms with Crippen LogP contribution in [0.15, 0.2) is 6.33 Å². The minimum absolute atomic E-state index is 0.0381. The monoisotopic (exact) mass is 128 g/mol. The van der Waals surface area contributed by atoms with Crippen LogP contribution in [0.2, 0.25) is 0 Å². The van der Waals surface area contributed by atoms with Gasteiger partial charge in [0.2, 0.25) is 0 Å². The first-order chi connectivity index (χ1) is 4.34. The molecular formula is C4H8N4O. The lowest BCUT2D eigenvalue weighted by atomic mass is 10.4. The summed E-state index contributed by atoms with van der Waals surface area (Å²) in [6, 6.07) is -0.0764. The van der Waals surface area contributed by atoms with Crippen molar-refractivity contribution in [1.82, 2.24) is 20.2 Å². The van der Waals surface area contributed by atoms with Crippen molar-refractivity contribution in [3.63, 3.8) is 0 Å². The van der Waals surface area contributed by atoms with Crippen molar-refractivity contribution in [3.8, 4) is 0 Å². The van der Waals surface area contributed by atoms with Crippen molar-refractivity contribution in [1.29, 1.82) is 0 Å². The second-order valence-electron chi connectivity index (χ2n) is 1.79. The second kappa shape index (κ2) is 2.54. The Morgan fingerprint density at radius 1 is 1.78 bits per heavy atom. The highest BCUT2D eigenvalue weighted by atomic mass is 16.3. The van der Waals surface area contributed by atoms with E-state index in [9.17, 15) is 0 Å². The molecule has 0 aromatic carbocycles. The van der Waals surface area contributed by atoms with Gasteiger partial charge in [0.1, 0.15) is 0 Å². The van der Waals surface area contributed by atoms with Crippen LogP contribution in [0.5, 0.6) is 0 Å². The molecule has 0 saturated carbocycles. The van der Waals surface area contributed by atoms with Crippen LogP contribution in [-0.2, 0) is 0 Å². The Balaban J connectivity index is 2.65. The zero-order valence-electron chi connectivity index (χ0n) is 5.10. The lowest BCUT2D eigenvalue weighted by Gasteiger charge is -2.02. The minimum Gasteiger partial charge on any atom is -0.394 e. The fourth-order valence-electron chi connectivity index (χ4n) is 0.450. The molecule has 1 atom stereocenters. The Labute approximate surface area is 52.3 Å². The van der Waals surface area contributed by atoms with Crippen molar-refractivity contribution < 1.29 is 5.11 Å². The highest BCUT2D eigenvalue weighted by Gasteiger charge is 2.01. The number of aliphatic hydroxyl groups excluding tert-OH is 1. The number of aliphatic hydroxyl groups is 1. The zero-order valence-corrected chi connectivity index (χ0v) is 5.10. The Hall–Kier alpha value is -0.970. The SMILES string of the molecule is CC(CO)n1ncnn1. The maximum Gasteiger partial charge on any atom is 0.162 e. The molecule has 0 bridgehead atoms. The molecule has 0 aliphatic rings. The van der Waals surface area contributed by atoms with Crippen LogP contribution < -0.4 is 0 Å². The van der Waals surface area contributed by atoms with Gasteiger partial charge in [-0.15, -0.1) is 10.2 Å². The zero-order chi connectivity index (χ0) is 6.69. The van der Waals surface area contributed by atoms with Crippen molar-refractivity contribution in [2.45, 2.75) is 13.0 Å².